The van der Waals surface area contributed by atoms with Gasteiger partial charge in [-0.3, -0.25) is 0 Å². The van der Waals surface area contributed by atoms with Gasteiger partial charge in [0.05, 0.1) is 6.10 Å². The quantitative estimate of drug-likeness (QED) is 0.695. The van der Waals surface area contributed by atoms with Crippen LogP contribution >= 0.6 is 0 Å². The van der Waals surface area contributed by atoms with Gasteiger partial charge in [0.15, 0.2) is 0 Å². The fraction of sp³-hybridized carbons (Fsp3) is 0.867. The molecule has 1 rings (SSSR count). The Labute approximate surface area is 101 Å². The van der Waals surface area contributed by atoms with Gasteiger partial charge < -0.3 is 5.11 Å². The molecule has 1 nitrogen and oxygen atoms in total. The Balaban J connectivity index is 2.46. The van der Waals surface area contributed by atoms with Crippen LogP contribution in [0.3, 0.4) is 0 Å². The molecule has 1 aliphatic rings. The van der Waals surface area contributed by atoms with E-state index >= 15 is 0 Å². The van der Waals surface area contributed by atoms with E-state index in [2.05, 4.69) is 27.4 Å². The van der Waals surface area contributed by atoms with Crippen LogP contribution in [0.15, 0.2) is 12.7 Å². The van der Waals surface area contributed by atoms with E-state index in [1.165, 1.54) is 25.7 Å². The van der Waals surface area contributed by atoms with Crippen molar-refractivity contribution in [3.8, 4) is 0 Å². The molecular weight excluding hydrogens is 196 g/mol. The molecule has 0 bridgehead atoms. The summed E-state index contributed by atoms with van der Waals surface area (Å²) in [5.74, 6) is 1.60. The topological polar surface area (TPSA) is 20.2 Å². The Morgan fingerprint density at radius 1 is 1.50 bits per heavy atom. The predicted molar refractivity (Wildman–Crippen MR) is 70.3 cm³/mol. The largest absolute Gasteiger partial charge is 0.393 e. The zero-order chi connectivity index (χ0) is 12.2. The molecular formula is C15H28O. The zero-order valence-electron chi connectivity index (χ0n) is 11.2. The normalized spacial score (nSPS) is 31.0. The van der Waals surface area contributed by atoms with E-state index < -0.39 is 0 Å². The van der Waals surface area contributed by atoms with Crippen LogP contribution in [0.25, 0.3) is 0 Å². The van der Waals surface area contributed by atoms with Gasteiger partial charge in [0.2, 0.25) is 0 Å². The molecule has 1 aliphatic carbocycles. The lowest BCUT2D eigenvalue weighted by Crippen LogP contribution is -2.34. The summed E-state index contributed by atoms with van der Waals surface area (Å²) >= 11 is 0. The van der Waals surface area contributed by atoms with Gasteiger partial charge in [-0.15, -0.1) is 6.58 Å². The molecule has 0 radical (unpaired) electrons. The Kier molecular flexibility index (Phi) is 5.04. The molecule has 0 amide bonds. The van der Waals surface area contributed by atoms with Crippen molar-refractivity contribution in [2.45, 2.75) is 65.4 Å². The molecule has 1 N–H and O–H groups in total. The highest BCUT2D eigenvalue weighted by atomic mass is 16.3. The van der Waals surface area contributed by atoms with Crippen molar-refractivity contribution in [2.75, 3.05) is 0 Å². The molecule has 0 saturated heterocycles. The maximum Gasteiger partial charge on any atom is 0.0574 e. The molecule has 1 saturated carbocycles. The van der Waals surface area contributed by atoms with Crippen LogP contribution in [0.5, 0.6) is 0 Å². The summed E-state index contributed by atoms with van der Waals surface area (Å²) < 4.78 is 0. The second-order valence-corrected chi connectivity index (χ2v) is 6.22. The SMILES string of the molecule is C=CCC(O)CCC1[C@@H](C)CCCC1(C)C. The van der Waals surface area contributed by atoms with Crippen LogP contribution in [0, 0.1) is 17.3 Å². The highest BCUT2D eigenvalue weighted by Crippen LogP contribution is 2.46. The van der Waals surface area contributed by atoms with Gasteiger partial charge >= 0.3 is 0 Å². The molecule has 2 unspecified atom stereocenters. The molecule has 94 valence electrons. The first kappa shape index (κ1) is 13.8. The summed E-state index contributed by atoms with van der Waals surface area (Å²) in [6, 6.07) is 0. The lowest BCUT2D eigenvalue weighted by atomic mass is 9.62. The molecule has 16 heavy (non-hydrogen) atoms. The van der Waals surface area contributed by atoms with Crippen LogP contribution in [0.1, 0.15) is 59.3 Å². The van der Waals surface area contributed by atoms with Crippen molar-refractivity contribution in [3.63, 3.8) is 0 Å². The Morgan fingerprint density at radius 2 is 2.19 bits per heavy atom. The van der Waals surface area contributed by atoms with E-state index in [0.29, 0.717) is 5.41 Å². The fourth-order valence-electron chi connectivity index (χ4n) is 3.39. The second kappa shape index (κ2) is 5.86. The smallest absolute Gasteiger partial charge is 0.0574 e. The van der Waals surface area contributed by atoms with Gasteiger partial charge in [0.25, 0.3) is 0 Å². The molecule has 0 aromatic carbocycles. The van der Waals surface area contributed by atoms with Crippen molar-refractivity contribution < 1.29 is 5.11 Å². The summed E-state index contributed by atoms with van der Waals surface area (Å²) in [7, 11) is 0. The second-order valence-electron chi connectivity index (χ2n) is 6.22. The summed E-state index contributed by atoms with van der Waals surface area (Å²) in [4.78, 5) is 0. The highest BCUT2D eigenvalue weighted by molar-refractivity contribution is 4.87. The number of rotatable bonds is 5. The first-order chi connectivity index (χ1) is 7.47. The maximum absolute atomic E-state index is 9.77. The monoisotopic (exact) mass is 224 g/mol. The molecule has 0 aromatic rings. The van der Waals surface area contributed by atoms with E-state index in [9.17, 15) is 5.11 Å². The van der Waals surface area contributed by atoms with Crippen molar-refractivity contribution in [1.82, 2.24) is 0 Å². The molecule has 1 fully saturated rings. The number of hydrogen-bond donors (Lipinski definition) is 1. The maximum atomic E-state index is 9.77. The summed E-state index contributed by atoms with van der Waals surface area (Å²) in [5, 5.41) is 9.77. The Hall–Kier alpha value is -0.300. The van der Waals surface area contributed by atoms with Crippen molar-refractivity contribution >= 4 is 0 Å². The summed E-state index contributed by atoms with van der Waals surface area (Å²) in [5.41, 5.74) is 0.464. The Bertz CT molecular complexity index is 219. The lowest BCUT2D eigenvalue weighted by Gasteiger charge is -2.43. The first-order valence-electron chi connectivity index (χ1n) is 6.76. The number of hydrogen-bond acceptors (Lipinski definition) is 1. The average Bonchev–Trinajstić information content (AvgIpc) is 2.16. The lowest BCUT2D eigenvalue weighted by molar-refractivity contribution is 0.0582. The van der Waals surface area contributed by atoms with Crippen LogP contribution in [0.4, 0.5) is 0 Å². The van der Waals surface area contributed by atoms with Gasteiger partial charge in [-0.1, -0.05) is 39.7 Å². The molecule has 0 aliphatic heterocycles. The van der Waals surface area contributed by atoms with E-state index in [-0.39, 0.29) is 6.10 Å². The first-order valence-corrected chi connectivity index (χ1v) is 6.76. The average molecular weight is 224 g/mol. The summed E-state index contributed by atoms with van der Waals surface area (Å²) in [6.07, 6.45) is 8.57. The predicted octanol–water partition coefficient (Wildman–Crippen LogP) is 4.17. The van der Waals surface area contributed by atoms with Gasteiger partial charge in [-0.2, -0.15) is 0 Å². The highest BCUT2D eigenvalue weighted by Gasteiger charge is 2.36. The van der Waals surface area contributed by atoms with Crippen molar-refractivity contribution in [1.29, 1.82) is 0 Å². The van der Waals surface area contributed by atoms with E-state index in [1.54, 1.807) is 0 Å². The van der Waals surface area contributed by atoms with E-state index in [1.807, 2.05) is 6.08 Å². The van der Waals surface area contributed by atoms with Gasteiger partial charge in [-0.25, -0.2) is 0 Å². The molecule has 0 aromatic heterocycles. The van der Waals surface area contributed by atoms with Gasteiger partial charge in [0.1, 0.15) is 0 Å². The third kappa shape index (κ3) is 3.62. The fourth-order valence-corrected chi connectivity index (χ4v) is 3.39. The molecule has 0 heterocycles. The number of aliphatic hydroxyl groups is 1. The minimum atomic E-state index is -0.178. The third-order valence-corrected chi connectivity index (χ3v) is 4.42. The van der Waals surface area contributed by atoms with Crippen LogP contribution in [0.2, 0.25) is 0 Å². The standard InChI is InChI=1S/C15H28O/c1-5-7-13(16)9-10-14-12(2)8-6-11-15(14,3)4/h5,12-14,16H,1,6-11H2,2-4H3/t12-,13?,14?/m0/s1. The Morgan fingerprint density at radius 3 is 2.75 bits per heavy atom. The van der Waals surface area contributed by atoms with Crippen LogP contribution < -0.4 is 0 Å². The van der Waals surface area contributed by atoms with E-state index in [4.69, 9.17) is 0 Å². The van der Waals surface area contributed by atoms with Crippen molar-refractivity contribution in [2.24, 2.45) is 17.3 Å². The number of aliphatic hydroxyl groups excluding tert-OH is 1. The van der Waals surface area contributed by atoms with Crippen molar-refractivity contribution in [3.05, 3.63) is 12.7 Å². The summed E-state index contributed by atoms with van der Waals surface area (Å²) in [6.45, 7) is 10.9. The third-order valence-electron chi connectivity index (χ3n) is 4.42. The van der Waals surface area contributed by atoms with Crippen LogP contribution in [-0.4, -0.2) is 11.2 Å². The minimum absolute atomic E-state index is 0.178. The molecule has 1 heteroatoms. The zero-order valence-corrected chi connectivity index (χ0v) is 11.2. The molecule has 0 spiro atoms. The molecule has 3 atom stereocenters. The van der Waals surface area contributed by atoms with Crippen LogP contribution in [-0.2, 0) is 0 Å². The van der Waals surface area contributed by atoms with E-state index in [0.717, 1.165) is 24.7 Å². The minimum Gasteiger partial charge on any atom is -0.393 e. The van der Waals surface area contributed by atoms with Gasteiger partial charge in [-0.05, 0) is 42.9 Å². The van der Waals surface area contributed by atoms with Gasteiger partial charge in [0, 0.05) is 0 Å².